The van der Waals surface area contributed by atoms with Crippen molar-refractivity contribution in [2.24, 2.45) is 5.92 Å². The molecule has 0 radical (unpaired) electrons. The van der Waals surface area contributed by atoms with Gasteiger partial charge in [-0.2, -0.15) is 0 Å². The van der Waals surface area contributed by atoms with Gasteiger partial charge in [-0.1, -0.05) is 28.7 Å². The fourth-order valence-corrected chi connectivity index (χ4v) is 0.762. The van der Waals surface area contributed by atoms with E-state index in [0.29, 0.717) is 5.92 Å². The summed E-state index contributed by atoms with van der Waals surface area (Å²) in [5, 5.41) is 0. The van der Waals surface area contributed by atoms with Crippen molar-refractivity contribution >= 4 is 0 Å². The van der Waals surface area contributed by atoms with Crippen LogP contribution in [0.4, 0.5) is 0 Å². The highest BCUT2D eigenvalue weighted by Gasteiger charge is 2.18. The summed E-state index contributed by atoms with van der Waals surface area (Å²) in [4.78, 5) is 0. The molecular weight excluding hydrogens is 128 g/mol. The maximum absolute atomic E-state index is 5.19. The average Bonchev–Trinajstić information content (AvgIpc) is 2.12. The third-order valence-electron chi connectivity index (χ3n) is 1.19. The molecule has 0 aromatic heterocycles. The Bertz CT molecular complexity index is 65.7. The van der Waals surface area contributed by atoms with E-state index in [9.17, 15) is 0 Å². The van der Waals surface area contributed by atoms with Crippen LogP contribution in [0.15, 0.2) is 0 Å². The Morgan fingerprint density at radius 3 is 1.70 bits per heavy atom. The highest BCUT2D eigenvalue weighted by atomic mass is 16.7. The zero-order chi connectivity index (χ0) is 5.98. The van der Waals surface area contributed by atoms with Gasteiger partial charge in [0, 0.05) is 5.92 Å². The second-order valence-electron chi connectivity index (χ2n) is 2.35. The Morgan fingerprint density at radius 2 is 1.50 bits per heavy atom. The van der Waals surface area contributed by atoms with Crippen LogP contribution in [-0.4, -0.2) is 19.5 Å². The summed E-state index contributed by atoms with van der Waals surface area (Å²) in [6, 6.07) is 0. The SMILES string of the molecule is C.C.CC(C)C1OCCO1. The van der Waals surface area contributed by atoms with Crippen molar-refractivity contribution in [3.8, 4) is 0 Å². The number of hydrogen-bond donors (Lipinski definition) is 0. The smallest absolute Gasteiger partial charge is 0.160 e. The first-order chi connectivity index (χ1) is 3.80. The Morgan fingerprint density at radius 1 is 1.10 bits per heavy atom. The van der Waals surface area contributed by atoms with Gasteiger partial charge in [0.2, 0.25) is 0 Å². The van der Waals surface area contributed by atoms with E-state index in [4.69, 9.17) is 9.47 Å². The van der Waals surface area contributed by atoms with E-state index in [2.05, 4.69) is 13.8 Å². The predicted molar refractivity (Wildman–Crippen MR) is 44.0 cm³/mol. The molecule has 1 aliphatic heterocycles. The van der Waals surface area contributed by atoms with E-state index >= 15 is 0 Å². The van der Waals surface area contributed by atoms with E-state index in [1.807, 2.05) is 0 Å². The fraction of sp³-hybridized carbons (Fsp3) is 1.00. The van der Waals surface area contributed by atoms with Crippen molar-refractivity contribution in [2.75, 3.05) is 13.2 Å². The van der Waals surface area contributed by atoms with Crippen LogP contribution in [0.5, 0.6) is 0 Å². The maximum atomic E-state index is 5.19. The van der Waals surface area contributed by atoms with Crippen LogP contribution in [0.1, 0.15) is 28.7 Å². The maximum Gasteiger partial charge on any atom is 0.160 e. The zero-order valence-electron chi connectivity index (χ0n) is 5.39. The average molecular weight is 148 g/mol. The molecule has 1 rings (SSSR count). The fourth-order valence-electron chi connectivity index (χ4n) is 0.762. The van der Waals surface area contributed by atoms with E-state index in [1.54, 1.807) is 0 Å². The molecule has 1 aliphatic rings. The monoisotopic (exact) mass is 148 g/mol. The Balaban J connectivity index is 0. The van der Waals surface area contributed by atoms with Crippen molar-refractivity contribution in [1.29, 1.82) is 0 Å². The quantitative estimate of drug-likeness (QED) is 0.568. The molecule has 0 N–H and O–H groups in total. The molecule has 64 valence electrons. The van der Waals surface area contributed by atoms with E-state index < -0.39 is 0 Å². The van der Waals surface area contributed by atoms with Crippen LogP contribution in [0.25, 0.3) is 0 Å². The Hall–Kier alpha value is -0.0800. The van der Waals surface area contributed by atoms with Gasteiger partial charge in [-0.15, -0.1) is 0 Å². The molecule has 1 fully saturated rings. The Kier molecular flexibility index (Phi) is 7.15. The normalized spacial score (nSPS) is 18.3. The Labute approximate surface area is 64.5 Å². The molecule has 2 heteroatoms. The van der Waals surface area contributed by atoms with Crippen molar-refractivity contribution in [3.05, 3.63) is 0 Å². The van der Waals surface area contributed by atoms with Gasteiger partial charge in [-0.3, -0.25) is 0 Å². The van der Waals surface area contributed by atoms with Gasteiger partial charge in [0.1, 0.15) is 0 Å². The summed E-state index contributed by atoms with van der Waals surface area (Å²) in [7, 11) is 0. The van der Waals surface area contributed by atoms with Crippen LogP contribution < -0.4 is 0 Å². The van der Waals surface area contributed by atoms with Crippen molar-refractivity contribution in [3.63, 3.8) is 0 Å². The molecule has 0 saturated carbocycles. The molecule has 0 aromatic carbocycles. The summed E-state index contributed by atoms with van der Waals surface area (Å²) >= 11 is 0. The highest BCUT2D eigenvalue weighted by molar-refractivity contribution is 4.54. The molecule has 0 amide bonds. The minimum Gasteiger partial charge on any atom is -0.350 e. The van der Waals surface area contributed by atoms with Gasteiger partial charge in [0.05, 0.1) is 13.2 Å². The summed E-state index contributed by atoms with van der Waals surface area (Å²) in [5.41, 5.74) is 0. The highest BCUT2D eigenvalue weighted by Crippen LogP contribution is 2.12. The lowest BCUT2D eigenvalue weighted by Crippen LogP contribution is -2.14. The number of rotatable bonds is 1. The van der Waals surface area contributed by atoms with Crippen LogP contribution >= 0.6 is 0 Å². The summed E-state index contributed by atoms with van der Waals surface area (Å²) in [6.07, 6.45) is 0.0648. The standard InChI is InChI=1S/C6H12O2.2CH4/c1-5(2)6-7-3-4-8-6;;/h5-6H,3-4H2,1-2H3;2*1H4. The lowest BCUT2D eigenvalue weighted by atomic mass is 10.2. The van der Waals surface area contributed by atoms with Crippen LogP contribution in [-0.2, 0) is 9.47 Å². The predicted octanol–water partition coefficient (Wildman–Crippen LogP) is 2.29. The summed E-state index contributed by atoms with van der Waals surface area (Å²) < 4.78 is 10.4. The van der Waals surface area contributed by atoms with Crippen molar-refractivity contribution in [1.82, 2.24) is 0 Å². The molecule has 0 aromatic rings. The lowest BCUT2D eigenvalue weighted by Gasteiger charge is -2.11. The molecule has 0 aliphatic carbocycles. The van der Waals surface area contributed by atoms with E-state index in [0.717, 1.165) is 13.2 Å². The molecule has 0 atom stereocenters. The first kappa shape index (κ1) is 12.6. The van der Waals surface area contributed by atoms with Crippen LogP contribution in [0.2, 0.25) is 0 Å². The molecule has 1 heterocycles. The topological polar surface area (TPSA) is 18.5 Å². The molecule has 10 heavy (non-hydrogen) atoms. The van der Waals surface area contributed by atoms with E-state index in [1.165, 1.54) is 0 Å². The number of ether oxygens (including phenoxy) is 2. The van der Waals surface area contributed by atoms with Gasteiger partial charge >= 0.3 is 0 Å². The van der Waals surface area contributed by atoms with Crippen molar-refractivity contribution in [2.45, 2.75) is 35.0 Å². The van der Waals surface area contributed by atoms with E-state index in [-0.39, 0.29) is 21.1 Å². The van der Waals surface area contributed by atoms with Gasteiger partial charge in [-0.25, -0.2) is 0 Å². The summed E-state index contributed by atoms with van der Waals surface area (Å²) in [5.74, 6) is 0.498. The van der Waals surface area contributed by atoms with Gasteiger partial charge in [0.15, 0.2) is 6.29 Å². The van der Waals surface area contributed by atoms with Crippen molar-refractivity contribution < 1.29 is 9.47 Å². The molecular formula is C8H20O2. The first-order valence-corrected chi connectivity index (χ1v) is 3.04. The van der Waals surface area contributed by atoms with Crippen LogP contribution in [0.3, 0.4) is 0 Å². The van der Waals surface area contributed by atoms with Gasteiger partial charge < -0.3 is 9.47 Å². The van der Waals surface area contributed by atoms with Gasteiger partial charge in [0.25, 0.3) is 0 Å². The summed E-state index contributed by atoms with van der Waals surface area (Å²) in [6.45, 7) is 5.72. The minimum absolute atomic E-state index is 0. The zero-order valence-corrected chi connectivity index (χ0v) is 5.39. The minimum atomic E-state index is 0. The first-order valence-electron chi connectivity index (χ1n) is 3.04. The molecule has 1 saturated heterocycles. The second kappa shape index (κ2) is 5.69. The van der Waals surface area contributed by atoms with Crippen LogP contribution in [0, 0.1) is 5.92 Å². The van der Waals surface area contributed by atoms with Gasteiger partial charge in [-0.05, 0) is 0 Å². The number of hydrogen-bond acceptors (Lipinski definition) is 2. The second-order valence-corrected chi connectivity index (χ2v) is 2.35. The third-order valence-corrected chi connectivity index (χ3v) is 1.19. The molecule has 2 nitrogen and oxygen atoms in total. The third kappa shape index (κ3) is 3.18. The largest absolute Gasteiger partial charge is 0.350 e. The molecule has 0 bridgehead atoms. The molecule has 0 unspecified atom stereocenters. The molecule has 0 spiro atoms. The lowest BCUT2D eigenvalue weighted by molar-refractivity contribution is -0.0732.